The van der Waals surface area contributed by atoms with E-state index < -0.39 is 0 Å². The van der Waals surface area contributed by atoms with Crippen molar-refractivity contribution in [1.29, 1.82) is 0 Å². The van der Waals surface area contributed by atoms with Crippen LogP contribution in [0.25, 0.3) is 65.7 Å². The zero-order valence-corrected chi connectivity index (χ0v) is 27.8. The predicted molar refractivity (Wildman–Crippen MR) is 211 cm³/mol. The second kappa shape index (κ2) is 12.1. The average Bonchev–Trinajstić information content (AvgIpc) is 3.59. The molecule has 4 heteroatoms. The lowest BCUT2D eigenvalue weighted by atomic mass is 9.96. The molecule has 8 aromatic carbocycles. The van der Waals surface area contributed by atoms with Crippen LogP contribution in [0, 0.1) is 0 Å². The maximum Gasteiger partial charge on any atom is 0.135 e. The van der Waals surface area contributed by atoms with Crippen LogP contribution < -0.4 is 10.6 Å². The van der Waals surface area contributed by atoms with Crippen molar-refractivity contribution in [2.45, 2.75) is 12.3 Å². The first kappa shape index (κ1) is 29.4. The third-order valence-electron chi connectivity index (χ3n) is 10.1. The lowest BCUT2D eigenvalue weighted by molar-refractivity contribution is 0.411. The van der Waals surface area contributed by atoms with Crippen LogP contribution in [0.2, 0.25) is 0 Å². The zero-order valence-electron chi connectivity index (χ0n) is 27.8. The molecular formula is C47H33N3O. The van der Waals surface area contributed by atoms with Crippen LogP contribution in [-0.4, -0.2) is 5.84 Å². The Kier molecular flexibility index (Phi) is 7.00. The second-order valence-corrected chi connectivity index (χ2v) is 13.2. The molecule has 0 saturated carbocycles. The summed E-state index contributed by atoms with van der Waals surface area (Å²) in [6.07, 6.45) is -0.503. The summed E-state index contributed by atoms with van der Waals surface area (Å²) in [5.41, 5.74) is 9.69. The molecule has 1 aliphatic rings. The first-order valence-corrected chi connectivity index (χ1v) is 17.4. The van der Waals surface area contributed by atoms with E-state index in [4.69, 9.17) is 9.41 Å². The Morgan fingerprint density at radius 1 is 0.451 bits per heavy atom. The second-order valence-electron chi connectivity index (χ2n) is 13.2. The van der Waals surface area contributed by atoms with E-state index in [1.807, 2.05) is 6.07 Å². The number of benzene rings is 8. The Morgan fingerprint density at radius 3 is 2.00 bits per heavy atom. The van der Waals surface area contributed by atoms with Crippen molar-refractivity contribution in [3.63, 3.8) is 0 Å². The number of fused-ring (bicyclic) bond motifs is 6. The molecule has 4 nitrogen and oxygen atoms in total. The van der Waals surface area contributed by atoms with Crippen LogP contribution in [0.5, 0.6) is 0 Å². The quantitative estimate of drug-likeness (QED) is 0.181. The van der Waals surface area contributed by atoms with Gasteiger partial charge in [0.05, 0.1) is 0 Å². The molecule has 2 unspecified atom stereocenters. The van der Waals surface area contributed by atoms with Crippen LogP contribution in [0.15, 0.2) is 185 Å². The molecule has 0 radical (unpaired) electrons. The molecule has 2 atom stereocenters. The molecule has 10 rings (SSSR count). The number of furan rings is 1. The molecule has 9 aromatic rings. The van der Waals surface area contributed by atoms with Gasteiger partial charge in [0, 0.05) is 21.9 Å². The summed E-state index contributed by atoms with van der Waals surface area (Å²) in [4.78, 5) is 5.32. The van der Waals surface area contributed by atoms with Gasteiger partial charge in [0.25, 0.3) is 0 Å². The van der Waals surface area contributed by atoms with Gasteiger partial charge in [-0.3, -0.25) is 5.32 Å². The largest absolute Gasteiger partial charge is 0.456 e. The van der Waals surface area contributed by atoms with E-state index in [1.54, 1.807) is 0 Å². The van der Waals surface area contributed by atoms with Gasteiger partial charge in [0.15, 0.2) is 0 Å². The van der Waals surface area contributed by atoms with Crippen LogP contribution in [0.3, 0.4) is 0 Å². The van der Waals surface area contributed by atoms with Crippen LogP contribution in [0.4, 0.5) is 0 Å². The minimum atomic E-state index is -0.326. The van der Waals surface area contributed by atoms with Crippen molar-refractivity contribution in [1.82, 2.24) is 10.6 Å². The summed E-state index contributed by atoms with van der Waals surface area (Å²) in [5, 5.41) is 14.7. The third-order valence-corrected chi connectivity index (χ3v) is 10.1. The molecule has 242 valence electrons. The molecule has 0 saturated heterocycles. The highest BCUT2D eigenvalue weighted by Crippen LogP contribution is 2.39. The Hall–Kier alpha value is -6.49. The topological polar surface area (TPSA) is 49.6 Å². The Morgan fingerprint density at radius 2 is 1.14 bits per heavy atom. The van der Waals surface area contributed by atoms with E-state index in [-0.39, 0.29) is 12.3 Å². The maximum absolute atomic E-state index is 6.48. The summed E-state index contributed by atoms with van der Waals surface area (Å²) in [5.74, 6) is 0.853. The number of aliphatic imine (C=N–C) groups is 1. The van der Waals surface area contributed by atoms with Crippen LogP contribution in [0.1, 0.15) is 29.0 Å². The Bertz CT molecular complexity index is 2770. The molecular weight excluding hydrogens is 623 g/mol. The number of rotatable bonds is 5. The van der Waals surface area contributed by atoms with E-state index in [0.29, 0.717) is 0 Å². The number of nitrogens with zero attached hydrogens (tertiary/aromatic N) is 1. The van der Waals surface area contributed by atoms with Gasteiger partial charge in [-0.15, -0.1) is 0 Å². The fourth-order valence-corrected chi connectivity index (χ4v) is 7.61. The zero-order chi connectivity index (χ0) is 33.7. The molecule has 0 amide bonds. The first-order valence-electron chi connectivity index (χ1n) is 17.4. The minimum absolute atomic E-state index is 0.178. The van der Waals surface area contributed by atoms with Crippen LogP contribution in [-0.2, 0) is 0 Å². The third kappa shape index (κ3) is 5.25. The minimum Gasteiger partial charge on any atom is -0.456 e. The van der Waals surface area contributed by atoms with Crippen molar-refractivity contribution >= 4 is 49.3 Å². The van der Waals surface area contributed by atoms with Crippen LogP contribution >= 0.6 is 0 Å². The molecule has 2 heterocycles. The van der Waals surface area contributed by atoms with Gasteiger partial charge in [0.2, 0.25) is 0 Å². The normalized spacial score (nSPS) is 16.0. The molecule has 1 aliphatic heterocycles. The SMILES string of the molecule is c1ccc(C2=NC(c3cccc4oc5ccc(-c6cccc(-c7ccccc7)c6)cc5c34)NC(c3ccc4c(ccc5ccccc54)c3)N2)cc1. The van der Waals surface area contributed by atoms with E-state index >= 15 is 0 Å². The lowest BCUT2D eigenvalue weighted by Gasteiger charge is -2.32. The fraction of sp³-hybridized carbons (Fsp3) is 0.0426. The monoisotopic (exact) mass is 655 g/mol. The number of hydrogen-bond acceptors (Lipinski definition) is 4. The highest BCUT2D eigenvalue weighted by molar-refractivity contribution is 6.09. The van der Waals surface area contributed by atoms with Crippen molar-refractivity contribution in [2.24, 2.45) is 4.99 Å². The van der Waals surface area contributed by atoms with E-state index in [2.05, 4.69) is 180 Å². The van der Waals surface area contributed by atoms with E-state index in [0.717, 1.165) is 50.0 Å². The molecule has 0 fully saturated rings. The van der Waals surface area contributed by atoms with Gasteiger partial charge in [-0.25, -0.2) is 4.99 Å². The maximum atomic E-state index is 6.48. The van der Waals surface area contributed by atoms with Gasteiger partial charge in [-0.2, -0.15) is 0 Å². The van der Waals surface area contributed by atoms with Crippen molar-refractivity contribution < 1.29 is 4.42 Å². The Labute approximate surface area is 295 Å². The number of nitrogens with one attached hydrogen (secondary N) is 2. The molecule has 0 spiro atoms. The Balaban J connectivity index is 1.09. The van der Waals surface area contributed by atoms with Gasteiger partial charge >= 0.3 is 0 Å². The first-order chi connectivity index (χ1) is 25.2. The van der Waals surface area contributed by atoms with Crippen molar-refractivity contribution in [2.75, 3.05) is 0 Å². The van der Waals surface area contributed by atoms with Crippen molar-refractivity contribution in [3.8, 4) is 22.3 Å². The highest BCUT2D eigenvalue weighted by Gasteiger charge is 2.28. The van der Waals surface area contributed by atoms with E-state index in [9.17, 15) is 0 Å². The average molecular weight is 656 g/mol. The van der Waals surface area contributed by atoms with Gasteiger partial charge in [-0.1, -0.05) is 146 Å². The van der Waals surface area contributed by atoms with Gasteiger partial charge < -0.3 is 9.73 Å². The van der Waals surface area contributed by atoms with E-state index in [1.165, 1.54) is 38.2 Å². The van der Waals surface area contributed by atoms with Crippen molar-refractivity contribution in [3.05, 3.63) is 193 Å². The summed E-state index contributed by atoms with van der Waals surface area (Å²) < 4.78 is 6.48. The summed E-state index contributed by atoms with van der Waals surface area (Å²) in [7, 11) is 0. The molecule has 2 N–H and O–H groups in total. The summed E-state index contributed by atoms with van der Waals surface area (Å²) >= 11 is 0. The summed E-state index contributed by atoms with van der Waals surface area (Å²) in [6, 6.07) is 62.3. The highest BCUT2D eigenvalue weighted by atomic mass is 16.3. The fourth-order valence-electron chi connectivity index (χ4n) is 7.61. The molecule has 1 aromatic heterocycles. The number of amidine groups is 1. The standard InChI is InChI=1S/C47H33N3O/c1-3-11-30(12-4-1)33-16-9-17-34(27-33)35-24-26-42-41(29-35)44-40(19-10-20-43(44)51-42)47-49-45(32-14-5-2-6-15-32)48-46(50-47)37-23-25-39-36(28-37)22-21-31-13-7-8-18-38(31)39/h1-29,46-47,50H,(H,48,49). The molecule has 0 aliphatic carbocycles. The smallest absolute Gasteiger partial charge is 0.135 e. The number of hydrogen-bond donors (Lipinski definition) is 2. The molecule has 51 heavy (non-hydrogen) atoms. The van der Waals surface area contributed by atoms with Gasteiger partial charge in [-0.05, 0) is 79.7 Å². The predicted octanol–water partition coefficient (Wildman–Crippen LogP) is 11.6. The summed E-state index contributed by atoms with van der Waals surface area (Å²) in [6.45, 7) is 0. The lowest BCUT2D eigenvalue weighted by Crippen LogP contribution is -2.45. The molecule has 0 bridgehead atoms. The van der Waals surface area contributed by atoms with Gasteiger partial charge in [0.1, 0.15) is 29.3 Å².